The minimum atomic E-state index is -0.158. The number of carbonyl (C=O) groups excluding carboxylic acids is 1. The molecule has 0 fully saturated rings. The number of hydrogen-bond acceptors (Lipinski definition) is 4. The van der Waals surface area contributed by atoms with Crippen molar-refractivity contribution >= 4 is 5.78 Å². The molecule has 21 heavy (non-hydrogen) atoms. The van der Waals surface area contributed by atoms with E-state index in [0.717, 1.165) is 0 Å². The molecular weight excluding hydrogens is 268 g/mol. The van der Waals surface area contributed by atoms with Gasteiger partial charge in [-0.2, -0.15) is 0 Å². The van der Waals surface area contributed by atoms with E-state index in [-0.39, 0.29) is 5.78 Å². The van der Waals surface area contributed by atoms with Crippen molar-refractivity contribution in [3.63, 3.8) is 0 Å². The topological polar surface area (TPSA) is 44.8 Å². The van der Waals surface area contributed by atoms with Crippen LogP contribution in [0.2, 0.25) is 0 Å². The fourth-order valence-corrected chi connectivity index (χ4v) is 2.15. The number of ether oxygens (including phenoxy) is 3. The summed E-state index contributed by atoms with van der Waals surface area (Å²) in [4.78, 5) is 12.8. The van der Waals surface area contributed by atoms with Crippen molar-refractivity contribution in [1.29, 1.82) is 0 Å². The number of hydrogen-bond donors (Lipinski definition) is 0. The first-order valence-electron chi connectivity index (χ1n) is 6.70. The van der Waals surface area contributed by atoms with Crippen LogP contribution in [-0.4, -0.2) is 26.6 Å². The number of ketones is 1. The number of rotatable bonds is 6. The zero-order valence-corrected chi connectivity index (χ0v) is 12.4. The fourth-order valence-electron chi connectivity index (χ4n) is 2.15. The molecule has 0 saturated carbocycles. The Morgan fingerprint density at radius 2 is 1.57 bits per heavy atom. The maximum absolute atomic E-state index is 12.8. The van der Waals surface area contributed by atoms with Gasteiger partial charge in [0.15, 0.2) is 11.5 Å². The van der Waals surface area contributed by atoms with Gasteiger partial charge < -0.3 is 14.2 Å². The number of benzene rings is 2. The minimum Gasteiger partial charge on any atom is -0.493 e. The second kappa shape index (κ2) is 6.79. The Morgan fingerprint density at radius 3 is 2.24 bits per heavy atom. The van der Waals surface area contributed by atoms with E-state index < -0.39 is 0 Å². The molecule has 0 aromatic heterocycles. The lowest BCUT2D eigenvalue weighted by molar-refractivity contribution is 0.103. The zero-order valence-electron chi connectivity index (χ0n) is 12.4. The molecule has 0 N–H and O–H groups in total. The fraction of sp³-hybridized carbons (Fsp3) is 0.235. The Kier molecular flexibility index (Phi) is 4.82. The predicted molar refractivity (Wildman–Crippen MR) is 80.6 cm³/mol. The van der Waals surface area contributed by atoms with Crippen molar-refractivity contribution in [3.8, 4) is 17.2 Å². The first-order valence-corrected chi connectivity index (χ1v) is 6.70. The van der Waals surface area contributed by atoms with E-state index >= 15 is 0 Å². The van der Waals surface area contributed by atoms with Gasteiger partial charge in [-0.25, -0.2) is 0 Å². The molecule has 0 atom stereocenters. The molecule has 2 aromatic rings. The molecule has 0 saturated heterocycles. The van der Waals surface area contributed by atoms with Crippen LogP contribution in [0, 0.1) is 0 Å². The molecule has 0 aliphatic heterocycles. The number of carbonyl (C=O) groups is 1. The Morgan fingerprint density at radius 1 is 0.905 bits per heavy atom. The van der Waals surface area contributed by atoms with Crippen molar-refractivity contribution in [3.05, 3.63) is 53.6 Å². The van der Waals surface area contributed by atoms with Crippen LogP contribution in [0.4, 0.5) is 0 Å². The van der Waals surface area contributed by atoms with E-state index in [2.05, 4.69) is 0 Å². The molecule has 0 aliphatic carbocycles. The SMILES string of the molecule is CCOc1ccccc1C(=O)c1cccc(OC)c1OC. The Labute approximate surface area is 124 Å². The molecular formula is C17H18O4. The summed E-state index contributed by atoms with van der Waals surface area (Å²) in [6.45, 7) is 2.38. The van der Waals surface area contributed by atoms with Gasteiger partial charge in [-0.15, -0.1) is 0 Å². The molecule has 0 aliphatic rings. The summed E-state index contributed by atoms with van der Waals surface area (Å²) in [6, 6.07) is 12.4. The van der Waals surface area contributed by atoms with Crippen molar-refractivity contribution in [2.45, 2.75) is 6.92 Å². The average Bonchev–Trinajstić information content (AvgIpc) is 2.54. The van der Waals surface area contributed by atoms with E-state index in [1.807, 2.05) is 19.1 Å². The molecule has 0 bridgehead atoms. The molecule has 0 radical (unpaired) electrons. The lowest BCUT2D eigenvalue weighted by Crippen LogP contribution is -2.07. The summed E-state index contributed by atoms with van der Waals surface area (Å²) in [5.41, 5.74) is 0.954. The zero-order chi connectivity index (χ0) is 15.2. The highest BCUT2D eigenvalue weighted by Crippen LogP contribution is 2.33. The van der Waals surface area contributed by atoms with Crippen LogP contribution in [0.3, 0.4) is 0 Å². The van der Waals surface area contributed by atoms with Gasteiger partial charge >= 0.3 is 0 Å². The predicted octanol–water partition coefficient (Wildman–Crippen LogP) is 3.33. The second-order valence-electron chi connectivity index (χ2n) is 4.30. The molecule has 110 valence electrons. The standard InChI is InChI=1S/C17H18O4/c1-4-21-14-10-6-5-8-12(14)16(18)13-9-7-11-15(19-2)17(13)20-3/h5-11H,4H2,1-3H3. The third kappa shape index (κ3) is 2.99. The van der Waals surface area contributed by atoms with Crippen LogP contribution < -0.4 is 14.2 Å². The van der Waals surface area contributed by atoms with Gasteiger partial charge in [-0.05, 0) is 31.2 Å². The van der Waals surface area contributed by atoms with Gasteiger partial charge in [-0.3, -0.25) is 4.79 Å². The molecule has 4 nitrogen and oxygen atoms in total. The van der Waals surface area contributed by atoms with Crippen LogP contribution in [0.1, 0.15) is 22.8 Å². The number of methoxy groups -OCH3 is 2. The van der Waals surface area contributed by atoms with Gasteiger partial charge in [0.05, 0.1) is 32.0 Å². The quantitative estimate of drug-likeness (QED) is 0.764. The molecule has 0 heterocycles. The van der Waals surface area contributed by atoms with Gasteiger partial charge in [0.25, 0.3) is 0 Å². The number of para-hydroxylation sites is 2. The van der Waals surface area contributed by atoms with Crippen molar-refractivity contribution in [1.82, 2.24) is 0 Å². The lowest BCUT2D eigenvalue weighted by Gasteiger charge is -2.13. The van der Waals surface area contributed by atoms with Crippen LogP contribution in [0.15, 0.2) is 42.5 Å². The molecule has 2 rings (SSSR count). The smallest absolute Gasteiger partial charge is 0.200 e. The highest BCUT2D eigenvalue weighted by atomic mass is 16.5. The van der Waals surface area contributed by atoms with Gasteiger partial charge in [0, 0.05) is 0 Å². The van der Waals surface area contributed by atoms with Crippen LogP contribution >= 0.6 is 0 Å². The third-order valence-electron chi connectivity index (χ3n) is 3.08. The summed E-state index contributed by atoms with van der Waals surface area (Å²) in [7, 11) is 3.06. The minimum absolute atomic E-state index is 0.158. The van der Waals surface area contributed by atoms with Gasteiger partial charge in [-0.1, -0.05) is 18.2 Å². The largest absolute Gasteiger partial charge is 0.493 e. The molecule has 2 aromatic carbocycles. The molecule has 0 unspecified atom stereocenters. The van der Waals surface area contributed by atoms with Gasteiger partial charge in [0.2, 0.25) is 5.78 Å². The highest BCUT2D eigenvalue weighted by molar-refractivity contribution is 6.12. The summed E-state index contributed by atoms with van der Waals surface area (Å²) in [6.07, 6.45) is 0. The Bertz CT molecular complexity index is 634. The average molecular weight is 286 g/mol. The van der Waals surface area contributed by atoms with E-state index in [4.69, 9.17) is 14.2 Å². The normalized spacial score (nSPS) is 10.0. The summed E-state index contributed by atoms with van der Waals surface area (Å²) >= 11 is 0. The van der Waals surface area contributed by atoms with Gasteiger partial charge in [0.1, 0.15) is 5.75 Å². The molecule has 0 spiro atoms. The first-order chi connectivity index (χ1) is 10.2. The Hall–Kier alpha value is -2.49. The second-order valence-corrected chi connectivity index (χ2v) is 4.30. The van der Waals surface area contributed by atoms with E-state index in [1.165, 1.54) is 7.11 Å². The summed E-state index contributed by atoms with van der Waals surface area (Å²) in [5, 5.41) is 0. The van der Waals surface area contributed by atoms with Crippen LogP contribution in [0.5, 0.6) is 17.2 Å². The molecule has 4 heteroatoms. The third-order valence-corrected chi connectivity index (χ3v) is 3.08. The maximum atomic E-state index is 12.8. The maximum Gasteiger partial charge on any atom is 0.200 e. The van der Waals surface area contributed by atoms with Crippen molar-refractivity contribution in [2.24, 2.45) is 0 Å². The monoisotopic (exact) mass is 286 g/mol. The summed E-state index contributed by atoms with van der Waals surface area (Å²) < 4.78 is 16.1. The van der Waals surface area contributed by atoms with Crippen LogP contribution in [-0.2, 0) is 0 Å². The lowest BCUT2D eigenvalue weighted by atomic mass is 10.0. The van der Waals surface area contributed by atoms with Crippen LogP contribution in [0.25, 0.3) is 0 Å². The molecule has 0 amide bonds. The first kappa shape index (κ1) is 14.9. The Balaban J connectivity index is 2.50. The van der Waals surface area contributed by atoms with Crippen molar-refractivity contribution in [2.75, 3.05) is 20.8 Å². The van der Waals surface area contributed by atoms with E-state index in [9.17, 15) is 4.79 Å². The van der Waals surface area contributed by atoms with E-state index in [0.29, 0.717) is 35.0 Å². The van der Waals surface area contributed by atoms with Crippen molar-refractivity contribution < 1.29 is 19.0 Å². The summed E-state index contributed by atoms with van der Waals surface area (Å²) in [5.74, 6) is 1.36. The highest BCUT2D eigenvalue weighted by Gasteiger charge is 2.20. The van der Waals surface area contributed by atoms with E-state index in [1.54, 1.807) is 37.4 Å².